The van der Waals surface area contributed by atoms with E-state index >= 15 is 0 Å². The second kappa shape index (κ2) is 12.5. The number of guanidine groups is 1. The van der Waals surface area contributed by atoms with Crippen LogP contribution in [0.1, 0.15) is 46.1 Å². The lowest BCUT2D eigenvalue weighted by Crippen LogP contribution is -2.43. The summed E-state index contributed by atoms with van der Waals surface area (Å²) >= 11 is 0. The summed E-state index contributed by atoms with van der Waals surface area (Å²) < 4.78 is 0. The highest BCUT2D eigenvalue weighted by Gasteiger charge is 2.20. The van der Waals surface area contributed by atoms with Crippen LogP contribution in [0.2, 0.25) is 0 Å². The maximum Gasteiger partial charge on any atom is 0.191 e. The summed E-state index contributed by atoms with van der Waals surface area (Å²) in [6.07, 6.45) is 2.36. The molecule has 2 N–H and O–H groups in total. The molecule has 25 heavy (non-hydrogen) atoms. The molecule has 1 rings (SSSR count). The Hall–Kier alpha value is -0.820. The minimum atomic E-state index is 0. The Balaban J connectivity index is 0.00000576. The molecule has 4 nitrogen and oxygen atoms in total. The van der Waals surface area contributed by atoms with Crippen LogP contribution in [0.25, 0.3) is 0 Å². The van der Waals surface area contributed by atoms with E-state index in [4.69, 9.17) is 0 Å². The second-order valence-electron chi connectivity index (χ2n) is 7.38. The van der Waals surface area contributed by atoms with Crippen molar-refractivity contribution in [3.05, 3.63) is 35.9 Å². The average Bonchev–Trinajstić information content (AvgIpc) is 2.57. The summed E-state index contributed by atoms with van der Waals surface area (Å²) in [5.41, 5.74) is 1.41. The Morgan fingerprint density at radius 3 is 2.32 bits per heavy atom. The molecule has 1 aromatic carbocycles. The van der Waals surface area contributed by atoms with Crippen molar-refractivity contribution in [3.63, 3.8) is 0 Å². The predicted octanol–water partition coefficient (Wildman–Crippen LogP) is 3.87. The Bertz CT molecular complexity index is 486. The first-order valence-electron chi connectivity index (χ1n) is 9.07. The molecule has 0 spiro atoms. The van der Waals surface area contributed by atoms with Gasteiger partial charge in [-0.25, -0.2) is 0 Å². The minimum absolute atomic E-state index is 0. The topological polar surface area (TPSA) is 39.7 Å². The molecule has 144 valence electrons. The molecular weight excluding hydrogens is 423 g/mol. The Morgan fingerprint density at radius 2 is 1.76 bits per heavy atom. The van der Waals surface area contributed by atoms with E-state index in [1.54, 1.807) is 0 Å². The molecule has 0 saturated heterocycles. The van der Waals surface area contributed by atoms with Crippen LogP contribution in [0.15, 0.2) is 35.3 Å². The highest BCUT2D eigenvalue weighted by atomic mass is 127. The van der Waals surface area contributed by atoms with Gasteiger partial charge in [0.2, 0.25) is 0 Å². The van der Waals surface area contributed by atoms with Crippen molar-refractivity contribution >= 4 is 29.9 Å². The number of nitrogens with zero attached hydrogens (tertiary/aromatic N) is 2. The maximum atomic E-state index is 4.33. The first kappa shape index (κ1) is 24.2. The van der Waals surface area contributed by atoms with E-state index < -0.39 is 0 Å². The van der Waals surface area contributed by atoms with Gasteiger partial charge in [0.15, 0.2) is 5.96 Å². The third kappa shape index (κ3) is 9.45. The zero-order valence-electron chi connectivity index (χ0n) is 16.8. The van der Waals surface area contributed by atoms with Crippen LogP contribution in [-0.4, -0.2) is 50.6 Å². The largest absolute Gasteiger partial charge is 0.356 e. The Morgan fingerprint density at radius 1 is 1.12 bits per heavy atom. The number of rotatable bonds is 9. The lowest BCUT2D eigenvalue weighted by atomic mass is 9.85. The fraction of sp³-hybridized carbons (Fsp3) is 0.650. The molecule has 1 aromatic rings. The van der Waals surface area contributed by atoms with Crippen LogP contribution < -0.4 is 10.6 Å². The van der Waals surface area contributed by atoms with Crippen LogP contribution in [-0.2, 0) is 5.41 Å². The molecular formula is C20H37IN4. The van der Waals surface area contributed by atoms with Gasteiger partial charge in [0.1, 0.15) is 0 Å². The Kier molecular flexibility index (Phi) is 12.1. The number of aliphatic imine (C=N–C) groups is 1. The highest BCUT2D eigenvalue weighted by molar-refractivity contribution is 14.0. The minimum Gasteiger partial charge on any atom is -0.356 e. The number of hydrogen-bond acceptors (Lipinski definition) is 2. The van der Waals surface area contributed by atoms with Crippen LogP contribution in [0.3, 0.4) is 0 Å². The van der Waals surface area contributed by atoms with Gasteiger partial charge in [0.05, 0.1) is 0 Å². The summed E-state index contributed by atoms with van der Waals surface area (Å²) in [5.74, 6) is 0.885. The fourth-order valence-electron chi connectivity index (χ4n) is 2.47. The van der Waals surface area contributed by atoms with Crippen molar-refractivity contribution in [2.75, 3.05) is 33.7 Å². The molecule has 0 radical (unpaired) electrons. The van der Waals surface area contributed by atoms with Gasteiger partial charge in [-0.15, -0.1) is 24.0 Å². The number of nitrogens with one attached hydrogen (secondary N) is 2. The van der Waals surface area contributed by atoms with Crippen LogP contribution in [0.5, 0.6) is 0 Å². The van der Waals surface area contributed by atoms with Crippen molar-refractivity contribution in [2.45, 2.75) is 52.0 Å². The average molecular weight is 460 g/mol. The normalized spacial score (nSPS) is 12.2. The quantitative estimate of drug-likeness (QED) is 0.255. The maximum absolute atomic E-state index is 4.33. The van der Waals surface area contributed by atoms with Gasteiger partial charge in [-0.3, -0.25) is 4.99 Å². The molecule has 0 aromatic heterocycles. The lowest BCUT2D eigenvalue weighted by molar-refractivity contribution is 0.268. The molecule has 0 aliphatic rings. The van der Waals surface area contributed by atoms with Crippen LogP contribution in [0, 0.1) is 0 Å². The van der Waals surface area contributed by atoms with E-state index in [1.165, 1.54) is 12.0 Å². The Labute approximate surface area is 171 Å². The van der Waals surface area contributed by atoms with Gasteiger partial charge in [0.25, 0.3) is 0 Å². The number of hydrogen-bond donors (Lipinski definition) is 2. The summed E-state index contributed by atoms with van der Waals surface area (Å²) in [7, 11) is 4.02. The molecule has 0 saturated carbocycles. The van der Waals surface area contributed by atoms with E-state index in [2.05, 4.69) is 85.6 Å². The second-order valence-corrected chi connectivity index (χ2v) is 7.38. The molecule has 0 aliphatic heterocycles. The molecule has 0 bridgehead atoms. The van der Waals surface area contributed by atoms with E-state index in [0.717, 1.165) is 32.0 Å². The zero-order chi connectivity index (χ0) is 18.0. The highest BCUT2D eigenvalue weighted by Crippen LogP contribution is 2.21. The van der Waals surface area contributed by atoms with Crippen LogP contribution >= 0.6 is 24.0 Å². The SMILES string of the molecule is CN=C(NCCCCN(C)C(C)C)NCC(C)(C)c1ccccc1.I. The summed E-state index contributed by atoms with van der Waals surface area (Å²) in [4.78, 5) is 6.71. The molecule has 0 unspecified atom stereocenters. The van der Waals surface area contributed by atoms with Gasteiger partial charge in [-0.1, -0.05) is 44.2 Å². The standard InChI is InChI=1S/C20H36N4.HI/c1-17(2)24(6)15-11-10-14-22-19(21-5)23-16-20(3,4)18-12-8-7-9-13-18;/h7-9,12-13,17H,10-11,14-16H2,1-6H3,(H2,21,22,23);1H. The van der Waals surface area contributed by atoms with Crippen molar-refractivity contribution < 1.29 is 0 Å². The number of halogens is 1. The lowest BCUT2D eigenvalue weighted by Gasteiger charge is -2.27. The first-order valence-corrected chi connectivity index (χ1v) is 9.07. The molecule has 5 heteroatoms. The number of benzene rings is 1. The monoisotopic (exact) mass is 460 g/mol. The first-order chi connectivity index (χ1) is 11.4. The van der Waals surface area contributed by atoms with Crippen molar-refractivity contribution in [1.82, 2.24) is 15.5 Å². The third-order valence-corrected chi connectivity index (χ3v) is 4.59. The zero-order valence-corrected chi connectivity index (χ0v) is 19.1. The van der Waals surface area contributed by atoms with Crippen molar-refractivity contribution in [3.8, 4) is 0 Å². The van der Waals surface area contributed by atoms with E-state index in [-0.39, 0.29) is 29.4 Å². The predicted molar refractivity (Wildman–Crippen MR) is 121 cm³/mol. The van der Waals surface area contributed by atoms with Gasteiger partial charge in [0, 0.05) is 31.6 Å². The number of unbranched alkanes of at least 4 members (excludes halogenated alkanes) is 1. The molecule has 0 heterocycles. The van der Waals surface area contributed by atoms with Crippen molar-refractivity contribution in [1.29, 1.82) is 0 Å². The summed E-state index contributed by atoms with van der Waals surface area (Å²) in [6, 6.07) is 11.2. The van der Waals surface area contributed by atoms with Gasteiger partial charge < -0.3 is 15.5 Å². The van der Waals surface area contributed by atoms with Gasteiger partial charge >= 0.3 is 0 Å². The van der Waals surface area contributed by atoms with Crippen LogP contribution in [0.4, 0.5) is 0 Å². The summed E-state index contributed by atoms with van der Waals surface area (Å²) in [6.45, 7) is 11.9. The summed E-state index contributed by atoms with van der Waals surface area (Å²) in [5, 5.41) is 6.87. The molecule has 0 atom stereocenters. The smallest absolute Gasteiger partial charge is 0.191 e. The van der Waals surface area contributed by atoms with Crippen molar-refractivity contribution in [2.24, 2.45) is 4.99 Å². The van der Waals surface area contributed by atoms with E-state index in [0.29, 0.717) is 6.04 Å². The third-order valence-electron chi connectivity index (χ3n) is 4.59. The van der Waals surface area contributed by atoms with E-state index in [1.807, 2.05) is 7.05 Å². The van der Waals surface area contributed by atoms with Gasteiger partial charge in [-0.2, -0.15) is 0 Å². The molecule has 0 amide bonds. The molecule has 0 aliphatic carbocycles. The van der Waals surface area contributed by atoms with Gasteiger partial charge in [-0.05, 0) is 45.8 Å². The van der Waals surface area contributed by atoms with E-state index in [9.17, 15) is 0 Å². The fourth-order valence-corrected chi connectivity index (χ4v) is 2.47. The molecule has 0 fully saturated rings.